The van der Waals surface area contributed by atoms with E-state index in [9.17, 15) is 31.2 Å². The third-order valence-electron chi connectivity index (χ3n) is 6.58. The quantitative estimate of drug-likeness (QED) is 0.402. The van der Waals surface area contributed by atoms with Gasteiger partial charge in [0.25, 0.3) is 0 Å². The number of carbonyl (C=O) groups is 2. The van der Waals surface area contributed by atoms with Gasteiger partial charge in [-0.2, -0.15) is 21.6 Å². The second kappa shape index (κ2) is 6.60. The molecule has 4 rings (SSSR count). The second-order valence-corrected chi connectivity index (χ2v) is 9.60. The van der Waals surface area contributed by atoms with Gasteiger partial charge in [-0.05, 0) is 42.0 Å². The molecule has 2 aliphatic heterocycles. The molecule has 0 bridgehead atoms. The lowest BCUT2D eigenvalue weighted by atomic mass is 9.74. The number of alkyl halides is 3. The first-order valence-corrected chi connectivity index (χ1v) is 10.9. The summed E-state index contributed by atoms with van der Waals surface area (Å²) in [4.78, 5) is 26.9. The lowest BCUT2D eigenvalue weighted by Crippen LogP contribution is -2.49. The molecular formula is C19H20F3NO6S. The van der Waals surface area contributed by atoms with E-state index in [0.29, 0.717) is 24.9 Å². The summed E-state index contributed by atoms with van der Waals surface area (Å²) in [7, 11) is -4.48. The molecule has 2 fully saturated rings. The number of methoxy groups -OCH3 is 1. The number of nitrogens with zero attached hydrogens (tertiary/aromatic N) is 1. The molecule has 7 nitrogen and oxygen atoms in total. The Bertz CT molecular complexity index is 1020. The highest BCUT2D eigenvalue weighted by Gasteiger charge is 2.65. The zero-order valence-corrected chi connectivity index (χ0v) is 17.0. The Morgan fingerprint density at radius 1 is 1.30 bits per heavy atom. The lowest BCUT2D eigenvalue weighted by Gasteiger charge is -2.44. The monoisotopic (exact) mass is 447 g/mol. The van der Waals surface area contributed by atoms with Crippen molar-refractivity contribution in [3.05, 3.63) is 29.3 Å². The van der Waals surface area contributed by atoms with Crippen LogP contribution in [0.5, 0.6) is 5.75 Å². The minimum absolute atomic E-state index is 0.0643. The number of esters is 1. The van der Waals surface area contributed by atoms with Crippen molar-refractivity contribution in [1.82, 2.24) is 4.90 Å². The van der Waals surface area contributed by atoms with Crippen LogP contribution < -0.4 is 4.18 Å². The van der Waals surface area contributed by atoms with Crippen LogP contribution in [0.1, 0.15) is 30.9 Å². The standard InChI is InChI=1S/C19H20F3NO6S/c1-10-9-18-13-4-3-12(29-30(26,27)19(20,21)22)7-11(13)5-6-23(18)15(24)8-14(18)16(10)17(25)28-2/h3-4,7,10,14,16H,5-6,8-9H2,1-2H3/t10-,14-,16+,18?/m0/s1. The number of amides is 1. The van der Waals surface area contributed by atoms with Crippen LogP contribution in [0.15, 0.2) is 18.2 Å². The molecule has 164 valence electrons. The largest absolute Gasteiger partial charge is 0.534 e. The highest BCUT2D eigenvalue weighted by Crippen LogP contribution is 2.61. The molecular weight excluding hydrogens is 427 g/mol. The van der Waals surface area contributed by atoms with Crippen molar-refractivity contribution >= 4 is 22.0 Å². The lowest BCUT2D eigenvalue weighted by molar-refractivity contribution is -0.148. The van der Waals surface area contributed by atoms with Crippen LogP contribution in [-0.2, 0) is 36.4 Å². The van der Waals surface area contributed by atoms with Crippen molar-refractivity contribution in [1.29, 1.82) is 0 Å². The van der Waals surface area contributed by atoms with Crippen molar-refractivity contribution in [2.75, 3.05) is 13.7 Å². The summed E-state index contributed by atoms with van der Waals surface area (Å²) in [6.07, 6.45) is 1.04. The average Bonchev–Trinajstić information content (AvgIpc) is 3.07. The number of halogens is 3. The minimum Gasteiger partial charge on any atom is -0.469 e. The highest BCUT2D eigenvalue weighted by atomic mass is 32.2. The minimum atomic E-state index is -5.78. The molecule has 0 radical (unpaired) electrons. The normalized spacial score (nSPS) is 30.5. The van der Waals surface area contributed by atoms with E-state index < -0.39 is 32.8 Å². The fourth-order valence-corrected chi connectivity index (χ4v) is 6.01. The van der Waals surface area contributed by atoms with Crippen LogP contribution in [0.2, 0.25) is 0 Å². The fraction of sp³-hybridized carbons (Fsp3) is 0.579. The van der Waals surface area contributed by atoms with Crippen molar-refractivity contribution in [2.45, 2.75) is 37.2 Å². The van der Waals surface area contributed by atoms with Crippen LogP contribution in [0.3, 0.4) is 0 Å². The predicted octanol–water partition coefficient (Wildman–Crippen LogP) is 2.34. The Hall–Kier alpha value is -2.30. The van der Waals surface area contributed by atoms with Crippen LogP contribution >= 0.6 is 0 Å². The summed E-state index contributed by atoms with van der Waals surface area (Å²) >= 11 is 0. The molecule has 0 aromatic heterocycles. The van der Waals surface area contributed by atoms with Crippen molar-refractivity contribution in [2.24, 2.45) is 17.8 Å². The molecule has 1 spiro atoms. The summed E-state index contributed by atoms with van der Waals surface area (Å²) < 4.78 is 69.8. The maximum absolute atomic E-state index is 12.7. The fourth-order valence-electron chi connectivity index (χ4n) is 5.56. The summed E-state index contributed by atoms with van der Waals surface area (Å²) in [6.45, 7) is 2.25. The molecule has 30 heavy (non-hydrogen) atoms. The third-order valence-corrected chi connectivity index (χ3v) is 7.56. The SMILES string of the molecule is COC(=O)[C@@H]1[C@@H](C)CC23c4ccc(OS(=O)(=O)C(F)(F)F)cc4CCN2C(=O)C[C@@H]13. The summed E-state index contributed by atoms with van der Waals surface area (Å²) in [6, 6.07) is 3.96. The van der Waals surface area contributed by atoms with Gasteiger partial charge in [-0.15, -0.1) is 0 Å². The number of rotatable bonds is 3. The third kappa shape index (κ3) is 2.81. The van der Waals surface area contributed by atoms with Gasteiger partial charge in [-0.3, -0.25) is 9.59 Å². The Kier molecular flexibility index (Phi) is 4.61. The Morgan fingerprint density at radius 3 is 2.63 bits per heavy atom. The van der Waals surface area contributed by atoms with E-state index in [1.54, 1.807) is 4.90 Å². The number of benzene rings is 1. The van der Waals surface area contributed by atoms with E-state index in [1.807, 2.05) is 6.92 Å². The molecule has 1 amide bonds. The first kappa shape index (κ1) is 21.0. The maximum atomic E-state index is 12.7. The number of ether oxygens (including phenoxy) is 1. The summed E-state index contributed by atoms with van der Waals surface area (Å²) in [5, 5.41) is 0. The topological polar surface area (TPSA) is 90.0 Å². The van der Waals surface area contributed by atoms with Gasteiger partial charge >= 0.3 is 21.6 Å². The van der Waals surface area contributed by atoms with Gasteiger partial charge < -0.3 is 13.8 Å². The van der Waals surface area contributed by atoms with E-state index in [1.165, 1.54) is 19.2 Å². The molecule has 4 atom stereocenters. The Labute approximate surface area is 171 Å². The van der Waals surface area contributed by atoms with Gasteiger partial charge in [0.05, 0.1) is 18.6 Å². The van der Waals surface area contributed by atoms with Gasteiger partial charge in [0, 0.05) is 18.9 Å². The zero-order chi connectivity index (χ0) is 22.1. The molecule has 1 aromatic rings. The molecule has 1 saturated carbocycles. The number of hydrogen-bond acceptors (Lipinski definition) is 6. The zero-order valence-electron chi connectivity index (χ0n) is 16.2. The first-order valence-electron chi connectivity index (χ1n) is 9.45. The number of hydrogen-bond donors (Lipinski definition) is 0. The number of fused-ring (bicyclic) bond motifs is 1. The smallest absolute Gasteiger partial charge is 0.469 e. The average molecular weight is 447 g/mol. The molecule has 3 aliphatic rings. The van der Waals surface area contributed by atoms with Crippen LogP contribution in [0.4, 0.5) is 13.2 Å². The van der Waals surface area contributed by atoms with E-state index in [0.717, 1.165) is 11.6 Å². The Morgan fingerprint density at radius 2 is 2.00 bits per heavy atom. The molecule has 11 heteroatoms. The Balaban J connectivity index is 1.77. The number of carbonyl (C=O) groups excluding carboxylic acids is 2. The van der Waals surface area contributed by atoms with Gasteiger partial charge in [0.2, 0.25) is 5.91 Å². The van der Waals surface area contributed by atoms with E-state index in [4.69, 9.17) is 4.74 Å². The summed E-state index contributed by atoms with van der Waals surface area (Å²) in [5.41, 5.74) is -4.96. The van der Waals surface area contributed by atoms with Crippen molar-refractivity contribution in [3.63, 3.8) is 0 Å². The molecule has 2 heterocycles. The summed E-state index contributed by atoms with van der Waals surface area (Å²) in [5.74, 6) is -1.76. The van der Waals surface area contributed by atoms with E-state index in [-0.39, 0.29) is 30.1 Å². The van der Waals surface area contributed by atoms with Gasteiger partial charge in [0.15, 0.2) is 0 Å². The van der Waals surface area contributed by atoms with Gasteiger partial charge in [-0.1, -0.05) is 13.0 Å². The molecule has 1 saturated heterocycles. The van der Waals surface area contributed by atoms with E-state index >= 15 is 0 Å². The van der Waals surface area contributed by atoms with Crippen LogP contribution in [0, 0.1) is 17.8 Å². The molecule has 1 aliphatic carbocycles. The van der Waals surface area contributed by atoms with Crippen LogP contribution in [-0.4, -0.2) is 44.4 Å². The maximum Gasteiger partial charge on any atom is 0.534 e. The highest BCUT2D eigenvalue weighted by molar-refractivity contribution is 7.88. The predicted molar refractivity (Wildman–Crippen MR) is 96.5 cm³/mol. The van der Waals surface area contributed by atoms with Crippen molar-refractivity contribution < 1.29 is 40.1 Å². The first-order chi connectivity index (χ1) is 13.9. The molecule has 1 aromatic carbocycles. The van der Waals surface area contributed by atoms with E-state index in [2.05, 4.69) is 4.18 Å². The molecule has 1 unspecified atom stereocenters. The molecule has 0 N–H and O–H groups in total. The second-order valence-electron chi connectivity index (χ2n) is 8.06. The van der Waals surface area contributed by atoms with Crippen LogP contribution in [0.25, 0.3) is 0 Å². The van der Waals surface area contributed by atoms with Crippen molar-refractivity contribution in [3.8, 4) is 5.75 Å². The van der Waals surface area contributed by atoms with Gasteiger partial charge in [0.1, 0.15) is 5.75 Å². The van der Waals surface area contributed by atoms with Gasteiger partial charge in [-0.25, -0.2) is 0 Å².